The number of likely N-dealkylation sites (tertiary alicyclic amines) is 1. The first-order chi connectivity index (χ1) is 7.17. The molecule has 2 unspecified atom stereocenters. The predicted molar refractivity (Wildman–Crippen MR) is 61.6 cm³/mol. The van der Waals surface area contributed by atoms with E-state index < -0.39 is 0 Å². The summed E-state index contributed by atoms with van der Waals surface area (Å²) in [6, 6.07) is 2.96. The maximum absolute atomic E-state index is 8.80. The predicted octanol–water partition coefficient (Wildman–Crippen LogP) is 0.124. The SMILES string of the molecule is CNC(C#N)CCN1CCC(N(C)C)C1. The summed E-state index contributed by atoms with van der Waals surface area (Å²) in [7, 11) is 6.13. The molecule has 2 atom stereocenters. The number of nitrogens with zero attached hydrogens (tertiary/aromatic N) is 3. The smallest absolute Gasteiger partial charge is 0.0962 e. The summed E-state index contributed by atoms with van der Waals surface area (Å²) in [6.45, 7) is 3.35. The molecule has 0 aromatic rings. The first-order valence-electron chi connectivity index (χ1n) is 5.63. The Hall–Kier alpha value is -0.630. The Balaban J connectivity index is 2.22. The van der Waals surface area contributed by atoms with E-state index in [-0.39, 0.29) is 6.04 Å². The third kappa shape index (κ3) is 3.78. The molecular weight excluding hydrogens is 188 g/mol. The molecule has 1 aliphatic rings. The lowest BCUT2D eigenvalue weighted by molar-refractivity contribution is 0.264. The molecule has 1 aliphatic heterocycles. The fourth-order valence-corrected chi connectivity index (χ4v) is 2.02. The molecule has 1 rings (SSSR count). The maximum Gasteiger partial charge on any atom is 0.0962 e. The van der Waals surface area contributed by atoms with Crippen LogP contribution in [0, 0.1) is 11.3 Å². The van der Waals surface area contributed by atoms with Crippen molar-refractivity contribution in [3.05, 3.63) is 0 Å². The molecular formula is C11H22N4. The average Bonchev–Trinajstić information content (AvgIpc) is 2.68. The fraction of sp³-hybridized carbons (Fsp3) is 0.909. The van der Waals surface area contributed by atoms with E-state index in [0.717, 1.165) is 19.5 Å². The van der Waals surface area contributed by atoms with Crippen molar-refractivity contribution in [2.45, 2.75) is 24.9 Å². The Morgan fingerprint density at radius 2 is 2.33 bits per heavy atom. The third-order valence-electron chi connectivity index (χ3n) is 3.22. The highest BCUT2D eigenvalue weighted by Gasteiger charge is 2.23. The Morgan fingerprint density at radius 1 is 1.60 bits per heavy atom. The van der Waals surface area contributed by atoms with Gasteiger partial charge in [-0.05, 0) is 40.5 Å². The van der Waals surface area contributed by atoms with Gasteiger partial charge in [0, 0.05) is 19.1 Å². The van der Waals surface area contributed by atoms with Gasteiger partial charge < -0.3 is 15.1 Å². The summed E-state index contributed by atoms with van der Waals surface area (Å²) in [5.41, 5.74) is 0. The standard InChI is InChI=1S/C11H22N4/c1-13-10(8-12)4-6-15-7-5-11(9-15)14(2)3/h10-11,13H,4-7,9H2,1-3H3. The van der Waals surface area contributed by atoms with Crippen LogP contribution in [-0.4, -0.2) is 62.7 Å². The van der Waals surface area contributed by atoms with Crippen molar-refractivity contribution >= 4 is 0 Å². The van der Waals surface area contributed by atoms with Crippen molar-refractivity contribution < 1.29 is 0 Å². The molecule has 0 amide bonds. The summed E-state index contributed by atoms with van der Waals surface area (Å²) >= 11 is 0. The Labute approximate surface area is 92.8 Å². The third-order valence-corrected chi connectivity index (χ3v) is 3.22. The molecule has 4 nitrogen and oxygen atoms in total. The highest BCUT2D eigenvalue weighted by atomic mass is 15.2. The lowest BCUT2D eigenvalue weighted by Crippen LogP contribution is -2.34. The first-order valence-corrected chi connectivity index (χ1v) is 5.63. The lowest BCUT2D eigenvalue weighted by atomic mass is 10.2. The van der Waals surface area contributed by atoms with Gasteiger partial charge in [-0.1, -0.05) is 0 Å². The number of rotatable bonds is 5. The minimum Gasteiger partial charge on any atom is -0.305 e. The molecule has 0 radical (unpaired) electrons. The Morgan fingerprint density at radius 3 is 2.80 bits per heavy atom. The van der Waals surface area contributed by atoms with Gasteiger partial charge in [0.1, 0.15) is 0 Å². The van der Waals surface area contributed by atoms with E-state index in [1.807, 2.05) is 7.05 Å². The largest absolute Gasteiger partial charge is 0.305 e. The molecule has 1 heterocycles. The zero-order valence-electron chi connectivity index (χ0n) is 10.0. The van der Waals surface area contributed by atoms with Crippen molar-refractivity contribution in [3.63, 3.8) is 0 Å². The number of likely N-dealkylation sites (N-methyl/N-ethyl adjacent to an activating group) is 1. The summed E-state index contributed by atoms with van der Waals surface area (Å²) in [5.74, 6) is 0. The van der Waals surface area contributed by atoms with Crippen molar-refractivity contribution in [1.29, 1.82) is 5.26 Å². The fourth-order valence-electron chi connectivity index (χ4n) is 2.02. The molecule has 0 aliphatic carbocycles. The highest BCUT2D eigenvalue weighted by Crippen LogP contribution is 2.13. The zero-order chi connectivity index (χ0) is 11.3. The van der Waals surface area contributed by atoms with Crippen molar-refractivity contribution in [2.75, 3.05) is 40.8 Å². The number of nitrogens with one attached hydrogen (secondary N) is 1. The van der Waals surface area contributed by atoms with E-state index in [4.69, 9.17) is 5.26 Å². The Kier molecular flexibility index (Phi) is 5.03. The van der Waals surface area contributed by atoms with Crippen LogP contribution in [-0.2, 0) is 0 Å². The summed E-state index contributed by atoms with van der Waals surface area (Å²) < 4.78 is 0. The van der Waals surface area contributed by atoms with Crippen LogP contribution in [0.5, 0.6) is 0 Å². The first kappa shape index (κ1) is 12.4. The normalized spacial score (nSPS) is 24.3. The molecule has 1 saturated heterocycles. The van der Waals surface area contributed by atoms with Crippen LogP contribution in [0.25, 0.3) is 0 Å². The molecule has 4 heteroatoms. The van der Waals surface area contributed by atoms with Crippen molar-refractivity contribution in [2.24, 2.45) is 0 Å². The van der Waals surface area contributed by atoms with Crippen LogP contribution in [0.4, 0.5) is 0 Å². The van der Waals surface area contributed by atoms with E-state index >= 15 is 0 Å². The molecule has 0 saturated carbocycles. The second kappa shape index (κ2) is 6.06. The minimum atomic E-state index is 0.00315. The maximum atomic E-state index is 8.80. The van der Waals surface area contributed by atoms with Gasteiger partial charge in [0.25, 0.3) is 0 Å². The van der Waals surface area contributed by atoms with Crippen LogP contribution in [0.15, 0.2) is 0 Å². The van der Waals surface area contributed by atoms with E-state index in [0.29, 0.717) is 6.04 Å². The van der Waals surface area contributed by atoms with Crippen molar-refractivity contribution in [3.8, 4) is 6.07 Å². The number of hydrogen-bond acceptors (Lipinski definition) is 4. The summed E-state index contributed by atoms with van der Waals surface area (Å²) in [6.07, 6.45) is 2.18. The van der Waals surface area contributed by atoms with Crippen LogP contribution in [0.1, 0.15) is 12.8 Å². The van der Waals surface area contributed by atoms with Gasteiger partial charge in [-0.15, -0.1) is 0 Å². The molecule has 86 valence electrons. The summed E-state index contributed by atoms with van der Waals surface area (Å²) in [5, 5.41) is 11.8. The van der Waals surface area contributed by atoms with E-state index in [9.17, 15) is 0 Å². The van der Waals surface area contributed by atoms with Crippen LogP contribution >= 0.6 is 0 Å². The van der Waals surface area contributed by atoms with E-state index in [2.05, 4.69) is 35.3 Å². The number of nitriles is 1. The van der Waals surface area contributed by atoms with E-state index in [1.165, 1.54) is 13.0 Å². The molecule has 0 bridgehead atoms. The molecule has 0 spiro atoms. The van der Waals surface area contributed by atoms with Gasteiger partial charge in [0.15, 0.2) is 0 Å². The monoisotopic (exact) mass is 210 g/mol. The van der Waals surface area contributed by atoms with Gasteiger partial charge in [-0.25, -0.2) is 0 Å². The summed E-state index contributed by atoms with van der Waals surface area (Å²) in [4.78, 5) is 4.74. The second-order valence-electron chi connectivity index (χ2n) is 4.47. The van der Waals surface area contributed by atoms with E-state index in [1.54, 1.807) is 0 Å². The quantitative estimate of drug-likeness (QED) is 0.700. The van der Waals surface area contributed by atoms with Gasteiger partial charge >= 0.3 is 0 Å². The highest BCUT2D eigenvalue weighted by molar-refractivity contribution is 4.90. The van der Waals surface area contributed by atoms with Crippen molar-refractivity contribution in [1.82, 2.24) is 15.1 Å². The van der Waals surface area contributed by atoms with Gasteiger partial charge in [0.2, 0.25) is 0 Å². The number of hydrogen-bond donors (Lipinski definition) is 1. The lowest BCUT2D eigenvalue weighted by Gasteiger charge is -2.20. The van der Waals surface area contributed by atoms with Crippen LogP contribution < -0.4 is 5.32 Å². The van der Waals surface area contributed by atoms with Gasteiger partial charge in [0.05, 0.1) is 12.1 Å². The molecule has 0 aromatic carbocycles. The van der Waals surface area contributed by atoms with Crippen LogP contribution in [0.3, 0.4) is 0 Å². The minimum absolute atomic E-state index is 0.00315. The molecule has 15 heavy (non-hydrogen) atoms. The molecule has 1 fully saturated rings. The average molecular weight is 210 g/mol. The molecule has 0 aromatic heterocycles. The Bertz CT molecular complexity index is 221. The van der Waals surface area contributed by atoms with Gasteiger partial charge in [-0.2, -0.15) is 5.26 Å². The zero-order valence-corrected chi connectivity index (χ0v) is 10.0. The molecule has 1 N–H and O–H groups in total. The van der Waals surface area contributed by atoms with Crippen LogP contribution in [0.2, 0.25) is 0 Å². The topological polar surface area (TPSA) is 42.3 Å². The second-order valence-corrected chi connectivity index (χ2v) is 4.47. The van der Waals surface area contributed by atoms with Gasteiger partial charge in [-0.3, -0.25) is 0 Å².